The molecule has 15 heavy (non-hydrogen) atoms. The Morgan fingerprint density at radius 2 is 2.53 bits per heavy atom. The monoisotopic (exact) mass is 223 g/mol. The van der Waals surface area contributed by atoms with Crippen LogP contribution in [0.4, 0.5) is 0 Å². The zero-order chi connectivity index (χ0) is 11.1. The maximum atomic E-state index is 11.2. The van der Waals surface area contributed by atoms with Gasteiger partial charge >= 0.3 is 0 Å². The molecule has 1 rings (SSSR count). The van der Waals surface area contributed by atoms with Gasteiger partial charge in [-0.3, -0.25) is 4.79 Å². The average Bonchev–Trinajstić information content (AvgIpc) is 2.76. The number of thiophene rings is 1. The van der Waals surface area contributed by atoms with Crippen LogP contribution in [0.15, 0.2) is 16.8 Å². The molecular formula is C10H13N3OS. The maximum absolute atomic E-state index is 11.2. The molecule has 0 aliphatic carbocycles. The standard InChI is InChI=1S/C10H13N3OS/c1-8(9-2-5-15-7-9)13-6-10(14)12-4-3-11/h2,5,7-8,13H,4,6H2,1H3,(H,12,14). The fraction of sp³-hybridized carbons (Fsp3) is 0.400. The van der Waals surface area contributed by atoms with Crippen LogP contribution in [0.1, 0.15) is 18.5 Å². The molecule has 1 heterocycles. The number of rotatable bonds is 5. The highest BCUT2D eigenvalue weighted by Gasteiger charge is 2.06. The van der Waals surface area contributed by atoms with E-state index < -0.39 is 0 Å². The molecule has 2 N–H and O–H groups in total. The van der Waals surface area contributed by atoms with Crippen molar-refractivity contribution >= 4 is 17.2 Å². The SMILES string of the molecule is CC(NCC(=O)NCC#N)c1ccsc1. The first kappa shape index (κ1) is 11.7. The number of amides is 1. The minimum absolute atomic E-state index is 0.0628. The molecule has 1 aromatic heterocycles. The van der Waals surface area contributed by atoms with Gasteiger partial charge in [-0.2, -0.15) is 16.6 Å². The van der Waals surface area contributed by atoms with Crippen LogP contribution in [0.25, 0.3) is 0 Å². The van der Waals surface area contributed by atoms with E-state index in [9.17, 15) is 4.79 Å². The Morgan fingerprint density at radius 3 is 3.13 bits per heavy atom. The minimum Gasteiger partial charge on any atom is -0.342 e. The second-order valence-corrected chi connectivity index (χ2v) is 3.87. The van der Waals surface area contributed by atoms with Crippen LogP contribution in [0.2, 0.25) is 0 Å². The number of hydrogen-bond acceptors (Lipinski definition) is 4. The maximum Gasteiger partial charge on any atom is 0.234 e. The molecule has 80 valence electrons. The highest BCUT2D eigenvalue weighted by molar-refractivity contribution is 7.07. The van der Waals surface area contributed by atoms with E-state index in [-0.39, 0.29) is 25.0 Å². The number of carbonyl (C=O) groups is 1. The first-order valence-electron chi connectivity index (χ1n) is 4.63. The summed E-state index contributed by atoms with van der Waals surface area (Å²) >= 11 is 1.63. The Kier molecular flexibility index (Phi) is 4.81. The van der Waals surface area contributed by atoms with Crippen molar-refractivity contribution in [2.24, 2.45) is 0 Å². The van der Waals surface area contributed by atoms with E-state index in [1.807, 2.05) is 29.8 Å². The van der Waals surface area contributed by atoms with Crippen molar-refractivity contribution in [2.45, 2.75) is 13.0 Å². The fourth-order valence-corrected chi connectivity index (χ4v) is 1.84. The van der Waals surface area contributed by atoms with Crippen LogP contribution in [0.5, 0.6) is 0 Å². The summed E-state index contributed by atoms with van der Waals surface area (Å²) in [4.78, 5) is 11.2. The number of nitrogens with zero attached hydrogens (tertiary/aromatic N) is 1. The topological polar surface area (TPSA) is 64.9 Å². The predicted octanol–water partition coefficient (Wildman–Crippen LogP) is 1.04. The van der Waals surface area contributed by atoms with Crippen LogP contribution in [0, 0.1) is 11.3 Å². The lowest BCUT2D eigenvalue weighted by molar-refractivity contribution is -0.120. The fourth-order valence-electron chi connectivity index (χ4n) is 1.09. The van der Waals surface area contributed by atoms with Gasteiger partial charge in [-0.25, -0.2) is 0 Å². The Balaban J connectivity index is 2.26. The summed E-state index contributed by atoms with van der Waals surface area (Å²) < 4.78 is 0. The van der Waals surface area contributed by atoms with Gasteiger partial charge in [0.15, 0.2) is 0 Å². The normalized spacial score (nSPS) is 11.7. The largest absolute Gasteiger partial charge is 0.342 e. The first-order valence-corrected chi connectivity index (χ1v) is 5.57. The van der Waals surface area contributed by atoms with Gasteiger partial charge in [0.1, 0.15) is 6.54 Å². The third-order valence-electron chi connectivity index (χ3n) is 1.98. The van der Waals surface area contributed by atoms with E-state index in [0.29, 0.717) is 0 Å². The Bertz CT molecular complexity index is 342. The van der Waals surface area contributed by atoms with E-state index in [4.69, 9.17) is 5.26 Å². The highest BCUT2D eigenvalue weighted by atomic mass is 32.1. The second-order valence-electron chi connectivity index (χ2n) is 3.09. The van der Waals surface area contributed by atoms with Crippen LogP contribution < -0.4 is 10.6 Å². The molecule has 0 radical (unpaired) electrons. The average molecular weight is 223 g/mol. The van der Waals surface area contributed by atoms with Crippen LogP contribution in [0.3, 0.4) is 0 Å². The summed E-state index contributed by atoms with van der Waals surface area (Å²) in [6.07, 6.45) is 0. The molecule has 0 bridgehead atoms. The van der Waals surface area contributed by atoms with Gasteiger partial charge in [-0.05, 0) is 29.3 Å². The molecule has 0 aliphatic heterocycles. The van der Waals surface area contributed by atoms with E-state index in [0.717, 1.165) is 0 Å². The summed E-state index contributed by atoms with van der Waals surface area (Å²) in [5, 5.41) is 17.9. The van der Waals surface area contributed by atoms with Gasteiger partial charge < -0.3 is 10.6 Å². The zero-order valence-electron chi connectivity index (χ0n) is 8.49. The minimum atomic E-state index is -0.154. The summed E-state index contributed by atoms with van der Waals surface area (Å²) in [7, 11) is 0. The molecular weight excluding hydrogens is 210 g/mol. The summed E-state index contributed by atoms with van der Waals surface area (Å²) in [5.41, 5.74) is 1.17. The number of carbonyl (C=O) groups excluding carboxylic acids is 1. The lowest BCUT2D eigenvalue weighted by atomic mass is 10.2. The van der Waals surface area contributed by atoms with Crippen molar-refractivity contribution in [1.29, 1.82) is 5.26 Å². The van der Waals surface area contributed by atoms with E-state index in [1.54, 1.807) is 11.3 Å². The van der Waals surface area contributed by atoms with E-state index >= 15 is 0 Å². The molecule has 1 unspecified atom stereocenters. The van der Waals surface area contributed by atoms with Gasteiger partial charge in [0.2, 0.25) is 5.91 Å². The summed E-state index contributed by atoms with van der Waals surface area (Å²) in [6.45, 7) is 2.30. The molecule has 0 saturated carbocycles. The summed E-state index contributed by atoms with van der Waals surface area (Å²) in [5.74, 6) is -0.154. The molecule has 0 spiro atoms. The Morgan fingerprint density at radius 1 is 1.73 bits per heavy atom. The van der Waals surface area contributed by atoms with Crippen molar-refractivity contribution in [3.63, 3.8) is 0 Å². The second kappa shape index (κ2) is 6.17. The number of nitriles is 1. The number of nitrogens with one attached hydrogen (secondary N) is 2. The molecule has 5 heteroatoms. The van der Waals surface area contributed by atoms with Gasteiger partial charge in [0, 0.05) is 6.04 Å². The van der Waals surface area contributed by atoms with Crippen molar-refractivity contribution in [2.75, 3.05) is 13.1 Å². The van der Waals surface area contributed by atoms with Crippen molar-refractivity contribution in [3.05, 3.63) is 22.4 Å². The van der Waals surface area contributed by atoms with Crippen molar-refractivity contribution in [1.82, 2.24) is 10.6 Å². The van der Waals surface area contributed by atoms with Crippen molar-refractivity contribution in [3.8, 4) is 6.07 Å². The lowest BCUT2D eigenvalue weighted by Crippen LogP contribution is -2.35. The Labute approximate surface area is 92.9 Å². The molecule has 1 atom stereocenters. The van der Waals surface area contributed by atoms with E-state index in [2.05, 4.69) is 10.6 Å². The van der Waals surface area contributed by atoms with E-state index in [1.165, 1.54) is 5.56 Å². The molecule has 0 aliphatic rings. The van der Waals surface area contributed by atoms with Crippen LogP contribution in [-0.4, -0.2) is 19.0 Å². The van der Waals surface area contributed by atoms with Gasteiger partial charge in [0.25, 0.3) is 0 Å². The van der Waals surface area contributed by atoms with Gasteiger partial charge in [0.05, 0.1) is 12.6 Å². The van der Waals surface area contributed by atoms with Gasteiger partial charge in [-0.1, -0.05) is 0 Å². The summed E-state index contributed by atoms with van der Waals surface area (Å²) in [6, 6.07) is 4.04. The Hall–Kier alpha value is -1.38. The number of hydrogen-bond donors (Lipinski definition) is 2. The quantitative estimate of drug-likeness (QED) is 0.733. The molecule has 4 nitrogen and oxygen atoms in total. The molecule has 0 fully saturated rings. The molecule has 0 aromatic carbocycles. The predicted molar refractivity (Wildman–Crippen MR) is 59.4 cm³/mol. The van der Waals surface area contributed by atoms with Crippen molar-refractivity contribution < 1.29 is 4.79 Å². The molecule has 1 amide bonds. The smallest absolute Gasteiger partial charge is 0.234 e. The third kappa shape index (κ3) is 4.11. The zero-order valence-corrected chi connectivity index (χ0v) is 9.30. The molecule has 1 aromatic rings. The third-order valence-corrected chi connectivity index (χ3v) is 2.68. The van der Waals surface area contributed by atoms with Crippen LogP contribution >= 0.6 is 11.3 Å². The molecule has 0 saturated heterocycles. The highest BCUT2D eigenvalue weighted by Crippen LogP contribution is 2.14. The lowest BCUT2D eigenvalue weighted by Gasteiger charge is -2.11. The first-order chi connectivity index (χ1) is 7.24. The van der Waals surface area contributed by atoms with Crippen LogP contribution in [-0.2, 0) is 4.79 Å². The van der Waals surface area contributed by atoms with Gasteiger partial charge in [-0.15, -0.1) is 0 Å².